The summed E-state index contributed by atoms with van der Waals surface area (Å²) in [6.07, 6.45) is 0. The summed E-state index contributed by atoms with van der Waals surface area (Å²) in [6, 6.07) is 0. The molecular weight excluding hydrogens is 116 g/mol. The van der Waals surface area contributed by atoms with Crippen LogP contribution in [0.5, 0.6) is 0 Å². The zero-order chi connectivity index (χ0) is 6.91. The van der Waals surface area contributed by atoms with Gasteiger partial charge in [0, 0.05) is 0 Å². The predicted octanol–water partition coefficient (Wildman–Crippen LogP) is 1.33. The molecule has 0 aromatic heterocycles. The first-order valence-corrected chi connectivity index (χ1v) is 3.05. The Hall–Kier alpha value is -0.340. The van der Waals surface area contributed by atoms with E-state index < -0.39 is 5.79 Å². The fourth-order valence-corrected chi connectivity index (χ4v) is 0.635. The van der Waals surface area contributed by atoms with Gasteiger partial charge in [0.15, 0.2) is 5.79 Å². The molecule has 52 valence electrons. The summed E-state index contributed by atoms with van der Waals surface area (Å²) in [5.74, 6) is -0.402. The van der Waals surface area contributed by atoms with E-state index in [1.165, 1.54) is 0 Å². The maximum atomic E-state index is 5.26. The maximum absolute atomic E-state index is 5.26. The number of hydrogen-bond acceptors (Lipinski definition) is 2. The van der Waals surface area contributed by atoms with Crippen molar-refractivity contribution < 1.29 is 9.47 Å². The predicted molar refractivity (Wildman–Crippen MR) is 35.1 cm³/mol. The molecular formula is C7H12O2. The second-order valence-electron chi connectivity index (χ2n) is 2.73. The molecule has 2 nitrogen and oxygen atoms in total. The van der Waals surface area contributed by atoms with E-state index in [0.29, 0.717) is 13.2 Å². The van der Waals surface area contributed by atoms with Crippen LogP contribution in [-0.2, 0) is 9.47 Å². The van der Waals surface area contributed by atoms with Gasteiger partial charge in [0.05, 0.1) is 13.2 Å². The summed E-state index contributed by atoms with van der Waals surface area (Å²) in [5, 5.41) is 0. The molecule has 1 rings (SSSR count). The van der Waals surface area contributed by atoms with E-state index >= 15 is 0 Å². The number of hydrogen-bond donors (Lipinski definition) is 0. The molecule has 0 radical (unpaired) electrons. The Balaban J connectivity index is 2.44. The average Bonchev–Trinajstić information content (AvgIpc) is 1.78. The second-order valence-corrected chi connectivity index (χ2v) is 2.73. The third-order valence-corrected chi connectivity index (χ3v) is 1.25. The van der Waals surface area contributed by atoms with Crippen LogP contribution < -0.4 is 0 Å². The van der Waals surface area contributed by atoms with Crippen LogP contribution in [0, 0.1) is 0 Å². The summed E-state index contributed by atoms with van der Waals surface area (Å²) in [7, 11) is 0. The molecule has 0 saturated carbocycles. The highest BCUT2D eigenvalue weighted by Gasteiger charge is 2.23. The Bertz CT molecular complexity index is 115. The lowest BCUT2D eigenvalue weighted by Crippen LogP contribution is -2.35. The molecule has 0 atom stereocenters. The van der Waals surface area contributed by atoms with Crippen LogP contribution in [0.15, 0.2) is 12.2 Å². The average molecular weight is 128 g/mol. The van der Waals surface area contributed by atoms with Gasteiger partial charge >= 0.3 is 0 Å². The first-order chi connectivity index (χ1) is 4.10. The Morgan fingerprint density at radius 1 is 1.33 bits per heavy atom. The van der Waals surface area contributed by atoms with E-state index in [4.69, 9.17) is 9.47 Å². The molecule has 0 aromatic carbocycles. The number of rotatable bonds is 0. The molecule has 0 N–H and O–H groups in total. The van der Waals surface area contributed by atoms with Crippen molar-refractivity contribution in [2.45, 2.75) is 19.6 Å². The van der Waals surface area contributed by atoms with Crippen molar-refractivity contribution in [3.8, 4) is 0 Å². The maximum Gasteiger partial charge on any atom is 0.163 e. The number of ether oxygens (including phenoxy) is 2. The van der Waals surface area contributed by atoms with E-state index in [9.17, 15) is 0 Å². The third-order valence-electron chi connectivity index (χ3n) is 1.25. The molecule has 0 spiro atoms. The van der Waals surface area contributed by atoms with Gasteiger partial charge in [-0.2, -0.15) is 0 Å². The molecule has 2 heteroatoms. The van der Waals surface area contributed by atoms with Gasteiger partial charge in [-0.1, -0.05) is 6.58 Å². The summed E-state index contributed by atoms with van der Waals surface area (Å²) < 4.78 is 10.5. The molecule has 0 aromatic rings. The smallest absolute Gasteiger partial charge is 0.163 e. The summed E-state index contributed by atoms with van der Waals surface area (Å²) in [5.41, 5.74) is 1.01. The topological polar surface area (TPSA) is 18.5 Å². The fraction of sp³-hybridized carbons (Fsp3) is 0.714. The lowest BCUT2D eigenvalue weighted by atomic mass is 10.3. The standard InChI is InChI=1S/C7H12O2/c1-6-4-8-7(2,3)9-5-6/h1,4-5H2,2-3H3. The molecule has 1 aliphatic rings. The molecule has 9 heavy (non-hydrogen) atoms. The Morgan fingerprint density at radius 2 is 1.78 bits per heavy atom. The van der Waals surface area contributed by atoms with Gasteiger partial charge in [-0.15, -0.1) is 0 Å². The van der Waals surface area contributed by atoms with Crippen molar-refractivity contribution in [2.24, 2.45) is 0 Å². The van der Waals surface area contributed by atoms with Crippen LogP contribution in [-0.4, -0.2) is 19.0 Å². The first-order valence-electron chi connectivity index (χ1n) is 3.05. The van der Waals surface area contributed by atoms with Crippen LogP contribution in [0.2, 0.25) is 0 Å². The molecule has 0 amide bonds. The summed E-state index contributed by atoms with van der Waals surface area (Å²) in [4.78, 5) is 0. The van der Waals surface area contributed by atoms with Crippen LogP contribution in [0.1, 0.15) is 13.8 Å². The third kappa shape index (κ3) is 1.80. The Labute approximate surface area is 55.5 Å². The van der Waals surface area contributed by atoms with Gasteiger partial charge < -0.3 is 9.47 Å². The highest BCUT2D eigenvalue weighted by atomic mass is 16.7. The SMILES string of the molecule is C=C1COC(C)(C)OC1. The minimum absolute atomic E-state index is 0.402. The Kier molecular flexibility index (Phi) is 1.60. The quantitative estimate of drug-likeness (QED) is 0.458. The van der Waals surface area contributed by atoms with Gasteiger partial charge in [0.1, 0.15) is 0 Å². The van der Waals surface area contributed by atoms with Crippen LogP contribution in [0.3, 0.4) is 0 Å². The van der Waals surface area contributed by atoms with E-state index in [1.54, 1.807) is 0 Å². The van der Waals surface area contributed by atoms with Crippen LogP contribution >= 0.6 is 0 Å². The zero-order valence-electron chi connectivity index (χ0n) is 5.94. The first kappa shape index (κ1) is 6.78. The van der Waals surface area contributed by atoms with Crippen molar-refractivity contribution in [1.29, 1.82) is 0 Å². The monoisotopic (exact) mass is 128 g/mol. The van der Waals surface area contributed by atoms with Gasteiger partial charge in [-0.25, -0.2) is 0 Å². The molecule has 1 heterocycles. The van der Waals surface area contributed by atoms with Crippen molar-refractivity contribution in [2.75, 3.05) is 13.2 Å². The highest BCUT2D eigenvalue weighted by molar-refractivity contribution is 4.97. The van der Waals surface area contributed by atoms with Crippen LogP contribution in [0.4, 0.5) is 0 Å². The molecule has 1 saturated heterocycles. The molecule has 1 fully saturated rings. The van der Waals surface area contributed by atoms with Crippen molar-refractivity contribution in [3.63, 3.8) is 0 Å². The van der Waals surface area contributed by atoms with Gasteiger partial charge in [-0.05, 0) is 19.4 Å². The molecule has 0 aliphatic carbocycles. The van der Waals surface area contributed by atoms with Gasteiger partial charge in [0.2, 0.25) is 0 Å². The second kappa shape index (κ2) is 2.12. The lowest BCUT2D eigenvalue weighted by molar-refractivity contribution is -0.225. The normalized spacial score (nSPS) is 26.2. The van der Waals surface area contributed by atoms with Gasteiger partial charge in [0.25, 0.3) is 0 Å². The van der Waals surface area contributed by atoms with Crippen molar-refractivity contribution >= 4 is 0 Å². The fourth-order valence-electron chi connectivity index (χ4n) is 0.635. The largest absolute Gasteiger partial charge is 0.346 e. The van der Waals surface area contributed by atoms with E-state index in [2.05, 4.69) is 6.58 Å². The van der Waals surface area contributed by atoms with Gasteiger partial charge in [-0.3, -0.25) is 0 Å². The van der Waals surface area contributed by atoms with Crippen LogP contribution in [0.25, 0.3) is 0 Å². The van der Waals surface area contributed by atoms with E-state index in [0.717, 1.165) is 5.57 Å². The minimum atomic E-state index is -0.402. The van der Waals surface area contributed by atoms with Crippen molar-refractivity contribution in [3.05, 3.63) is 12.2 Å². The molecule has 1 aliphatic heterocycles. The van der Waals surface area contributed by atoms with Crippen molar-refractivity contribution in [1.82, 2.24) is 0 Å². The minimum Gasteiger partial charge on any atom is -0.346 e. The Morgan fingerprint density at radius 3 is 2.11 bits per heavy atom. The summed E-state index contributed by atoms with van der Waals surface area (Å²) >= 11 is 0. The lowest BCUT2D eigenvalue weighted by Gasteiger charge is -2.31. The van der Waals surface area contributed by atoms with E-state index in [1.807, 2.05) is 13.8 Å². The van der Waals surface area contributed by atoms with E-state index in [-0.39, 0.29) is 0 Å². The molecule has 0 unspecified atom stereocenters. The highest BCUT2D eigenvalue weighted by Crippen LogP contribution is 2.18. The zero-order valence-corrected chi connectivity index (χ0v) is 5.94. The molecule has 0 bridgehead atoms. The summed E-state index contributed by atoms with van der Waals surface area (Å²) in [6.45, 7) is 8.80.